The van der Waals surface area contributed by atoms with Crippen LogP contribution in [-0.2, 0) is 9.53 Å². The van der Waals surface area contributed by atoms with E-state index in [1.807, 2.05) is 0 Å². The Morgan fingerprint density at radius 1 is 1.37 bits per heavy atom. The van der Waals surface area contributed by atoms with E-state index in [2.05, 4.69) is 15.5 Å². The van der Waals surface area contributed by atoms with Gasteiger partial charge in [0.05, 0.1) is 6.04 Å². The first-order valence-electron chi connectivity index (χ1n) is 8.69. The molecule has 2 atom stereocenters. The lowest BCUT2D eigenvalue weighted by molar-refractivity contribution is -0.125. The van der Waals surface area contributed by atoms with Crippen LogP contribution in [0, 0.1) is 18.7 Å². The van der Waals surface area contributed by atoms with Crippen molar-refractivity contribution in [3.63, 3.8) is 0 Å². The van der Waals surface area contributed by atoms with Gasteiger partial charge in [0.1, 0.15) is 11.9 Å². The maximum atomic E-state index is 13.4. The van der Waals surface area contributed by atoms with Gasteiger partial charge in [-0.1, -0.05) is 5.16 Å². The number of nitrogens with zero attached hydrogens (tertiary/aromatic N) is 2. The maximum Gasteiger partial charge on any atom is 0.249 e. The summed E-state index contributed by atoms with van der Waals surface area (Å²) in [6, 6.07) is 3.52. The molecule has 148 valence electrons. The second kappa shape index (κ2) is 9.25. The lowest BCUT2D eigenvalue weighted by atomic mass is 9.92. The molecule has 0 aliphatic carbocycles. The molecule has 1 fully saturated rings. The van der Waals surface area contributed by atoms with E-state index in [4.69, 9.17) is 15.0 Å². The highest BCUT2D eigenvalue weighted by Gasteiger charge is 2.28. The summed E-state index contributed by atoms with van der Waals surface area (Å²) in [5.74, 6) is 0.186. The highest BCUT2D eigenvalue weighted by molar-refractivity contribution is 5.85. The van der Waals surface area contributed by atoms with Gasteiger partial charge in [-0.05, 0) is 56.4 Å². The minimum atomic E-state index is -0.594. The van der Waals surface area contributed by atoms with Crippen LogP contribution in [0.3, 0.4) is 0 Å². The Morgan fingerprint density at radius 2 is 2.07 bits per heavy atom. The Hall–Kier alpha value is -2.03. The van der Waals surface area contributed by atoms with Crippen LogP contribution in [0.5, 0.6) is 0 Å². The molecule has 2 unspecified atom stereocenters. The topological polar surface area (TPSA) is 103 Å². The SMILES string of the molecule is Cc1cc(-c2noc(C(C)NC(=O)C(N)C3CCOCC3)n2)ccc1F.Cl. The fourth-order valence-corrected chi connectivity index (χ4v) is 2.97. The smallest absolute Gasteiger partial charge is 0.249 e. The number of rotatable bonds is 5. The van der Waals surface area contributed by atoms with E-state index >= 15 is 0 Å². The number of hydrogen-bond acceptors (Lipinski definition) is 6. The molecule has 1 aliphatic heterocycles. The Kier molecular flexibility index (Phi) is 7.29. The van der Waals surface area contributed by atoms with Crippen LogP contribution >= 0.6 is 12.4 Å². The molecular weight excluding hydrogens is 375 g/mol. The molecule has 3 N–H and O–H groups in total. The van der Waals surface area contributed by atoms with Crippen LogP contribution in [0.2, 0.25) is 0 Å². The minimum Gasteiger partial charge on any atom is -0.381 e. The first-order chi connectivity index (χ1) is 12.5. The predicted molar refractivity (Wildman–Crippen MR) is 99.8 cm³/mol. The summed E-state index contributed by atoms with van der Waals surface area (Å²) < 4.78 is 23.9. The molecule has 3 rings (SSSR count). The van der Waals surface area contributed by atoms with Crippen molar-refractivity contribution in [1.29, 1.82) is 0 Å². The molecule has 7 nitrogen and oxygen atoms in total. The molecule has 0 bridgehead atoms. The molecule has 27 heavy (non-hydrogen) atoms. The Labute approximate surface area is 163 Å². The number of nitrogens with one attached hydrogen (secondary N) is 1. The summed E-state index contributed by atoms with van der Waals surface area (Å²) in [5.41, 5.74) is 7.22. The molecule has 1 amide bonds. The van der Waals surface area contributed by atoms with Crippen molar-refractivity contribution in [3.05, 3.63) is 35.5 Å². The Morgan fingerprint density at radius 3 is 2.74 bits per heavy atom. The molecule has 0 spiro atoms. The van der Waals surface area contributed by atoms with E-state index < -0.39 is 12.1 Å². The van der Waals surface area contributed by atoms with Crippen molar-refractivity contribution >= 4 is 18.3 Å². The molecule has 9 heteroatoms. The molecule has 2 heterocycles. The van der Waals surface area contributed by atoms with E-state index in [1.165, 1.54) is 6.07 Å². The van der Waals surface area contributed by atoms with Crippen LogP contribution in [0.4, 0.5) is 4.39 Å². The van der Waals surface area contributed by atoms with Crippen molar-refractivity contribution < 1.29 is 18.4 Å². The third kappa shape index (κ3) is 5.03. The molecule has 1 aromatic heterocycles. The van der Waals surface area contributed by atoms with Crippen molar-refractivity contribution in [1.82, 2.24) is 15.5 Å². The number of carbonyl (C=O) groups excluding carboxylic acids is 1. The maximum absolute atomic E-state index is 13.4. The normalized spacial score (nSPS) is 17.0. The lowest BCUT2D eigenvalue weighted by Gasteiger charge is -2.27. The Balaban J connectivity index is 0.00000261. The Bertz CT molecular complexity index is 780. The van der Waals surface area contributed by atoms with E-state index in [0.29, 0.717) is 30.2 Å². The summed E-state index contributed by atoms with van der Waals surface area (Å²) in [4.78, 5) is 16.7. The van der Waals surface area contributed by atoms with E-state index in [9.17, 15) is 9.18 Å². The number of aryl methyl sites for hydroxylation is 1. The fourth-order valence-electron chi connectivity index (χ4n) is 2.97. The summed E-state index contributed by atoms with van der Waals surface area (Å²) in [6.07, 6.45) is 1.55. The predicted octanol–water partition coefficient (Wildman–Crippen LogP) is 2.54. The number of amides is 1. The summed E-state index contributed by atoms with van der Waals surface area (Å²) in [5, 5.41) is 6.73. The second-order valence-electron chi connectivity index (χ2n) is 6.63. The number of ether oxygens (including phenoxy) is 1. The third-order valence-electron chi connectivity index (χ3n) is 4.66. The van der Waals surface area contributed by atoms with Gasteiger partial charge in [0.2, 0.25) is 17.6 Å². The van der Waals surface area contributed by atoms with E-state index in [1.54, 1.807) is 26.0 Å². The fraction of sp³-hybridized carbons (Fsp3) is 0.500. The summed E-state index contributed by atoms with van der Waals surface area (Å²) in [6.45, 7) is 4.68. The van der Waals surface area contributed by atoms with Crippen LogP contribution < -0.4 is 11.1 Å². The van der Waals surface area contributed by atoms with E-state index in [0.717, 1.165) is 12.8 Å². The zero-order valence-electron chi connectivity index (χ0n) is 15.3. The molecular formula is C18H24ClFN4O3. The van der Waals surface area contributed by atoms with Gasteiger partial charge in [0, 0.05) is 18.8 Å². The molecule has 0 radical (unpaired) electrons. The second-order valence-corrected chi connectivity index (χ2v) is 6.63. The molecule has 2 aromatic rings. The zero-order chi connectivity index (χ0) is 18.7. The number of nitrogens with two attached hydrogens (primary N) is 1. The van der Waals surface area contributed by atoms with Gasteiger partial charge in [0.15, 0.2) is 0 Å². The van der Waals surface area contributed by atoms with Crippen molar-refractivity contribution in [2.45, 2.75) is 38.8 Å². The van der Waals surface area contributed by atoms with E-state index in [-0.39, 0.29) is 35.9 Å². The summed E-state index contributed by atoms with van der Waals surface area (Å²) in [7, 11) is 0. The van der Waals surface area contributed by atoms with Gasteiger partial charge < -0.3 is 20.3 Å². The van der Waals surface area contributed by atoms with Crippen molar-refractivity contribution in [3.8, 4) is 11.4 Å². The highest BCUT2D eigenvalue weighted by atomic mass is 35.5. The number of halogens is 2. The number of benzene rings is 1. The van der Waals surface area contributed by atoms with Gasteiger partial charge in [-0.3, -0.25) is 4.79 Å². The first-order valence-corrected chi connectivity index (χ1v) is 8.69. The minimum absolute atomic E-state index is 0. The average molecular weight is 399 g/mol. The van der Waals surface area contributed by atoms with Crippen LogP contribution in [0.1, 0.15) is 37.3 Å². The number of carbonyl (C=O) groups is 1. The van der Waals surface area contributed by atoms with Gasteiger partial charge >= 0.3 is 0 Å². The summed E-state index contributed by atoms with van der Waals surface area (Å²) >= 11 is 0. The van der Waals surface area contributed by atoms with Gasteiger partial charge in [-0.2, -0.15) is 4.98 Å². The number of aromatic nitrogens is 2. The first kappa shape index (κ1) is 21.3. The van der Waals surface area contributed by atoms with Crippen molar-refractivity contribution in [2.75, 3.05) is 13.2 Å². The standard InChI is InChI=1S/C18H23FN4O3.ClH/c1-10-9-13(3-4-14(10)19)16-22-18(26-23-16)11(2)21-17(24)15(20)12-5-7-25-8-6-12;/h3-4,9,11-12,15H,5-8,20H2,1-2H3,(H,21,24);1H. The van der Waals surface area contributed by atoms with Gasteiger partial charge in [-0.15, -0.1) is 12.4 Å². The molecule has 0 saturated carbocycles. The average Bonchev–Trinajstić information content (AvgIpc) is 3.14. The quantitative estimate of drug-likeness (QED) is 0.802. The third-order valence-corrected chi connectivity index (χ3v) is 4.66. The highest BCUT2D eigenvalue weighted by Crippen LogP contribution is 2.22. The zero-order valence-corrected chi connectivity index (χ0v) is 16.1. The largest absolute Gasteiger partial charge is 0.381 e. The van der Waals surface area contributed by atoms with Crippen molar-refractivity contribution in [2.24, 2.45) is 11.7 Å². The van der Waals surface area contributed by atoms with Crippen LogP contribution in [-0.4, -0.2) is 35.3 Å². The molecule has 1 aromatic carbocycles. The monoisotopic (exact) mass is 398 g/mol. The molecule has 1 aliphatic rings. The van der Waals surface area contributed by atoms with Gasteiger partial charge in [-0.25, -0.2) is 4.39 Å². The van der Waals surface area contributed by atoms with Gasteiger partial charge in [0.25, 0.3) is 0 Å². The van der Waals surface area contributed by atoms with Crippen LogP contribution in [0.15, 0.2) is 22.7 Å². The molecule has 1 saturated heterocycles. The van der Waals surface area contributed by atoms with Crippen LogP contribution in [0.25, 0.3) is 11.4 Å². The number of hydrogen-bond donors (Lipinski definition) is 2. The lowest BCUT2D eigenvalue weighted by Crippen LogP contribution is -2.47.